The van der Waals surface area contributed by atoms with Crippen LogP contribution in [-0.4, -0.2) is 124 Å². The van der Waals surface area contributed by atoms with E-state index in [1.807, 2.05) is 182 Å². The highest BCUT2D eigenvalue weighted by Crippen LogP contribution is 2.49. The first-order valence-corrected chi connectivity index (χ1v) is 41.1. The Bertz CT molecular complexity index is 3580. The lowest BCUT2D eigenvalue weighted by molar-refractivity contribution is -0.143. The highest BCUT2D eigenvalue weighted by Gasteiger charge is 2.49. The topological polar surface area (TPSA) is 67.0 Å². The predicted octanol–water partition coefficient (Wildman–Crippen LogP) is 21.7. The average Bonchev–Trinajstić information content (AvgIpc) is 0.764. The minimum Gasteiger partial charge on any atom is -0.493 e. The van der Waals surface area contributed by atoms with E-state index in [2.05, 4.69) is 56.0 Å². The van der Waals surface area contributed by atoms with Crippen molar-refractivity contribution in [3.63, 3.8) is 0 Å². The number of piperidine rings is 4. The number of halogens is 4. The lowest BCUT2D eigenvalue weighted by atomic mass is 9.63. The van der Waals surface area contributed by atoms with Gasteiger partial charge >= 0.3 is 0 Å². The number of amides is 1. The summed E-state index contributed by atoms with van der Waals surface area (Å²) in [6.07, 6.45) is 24.7. The molecule has 0 bridgehead atoms. The SMILES string of the molecule is Clc1ccc(C2(CN3CCCC(COc4ccccc4)C3)CCC2)cc1.Clc1ccc(C2(CN3CCCC(COc4ccccc4)C3)CCC2)cc1.Clc1ccc(C2(CN3CCCC(COc4ccccc4)C3)CCC2)cc1.O=C(N1CCCC(COc2ccccc2)C1)C1(c2ccc(Cl)cc2)CCC1. The van der Waals surface area contributed by atoms with Crippen molar-refractivity contribution in [3.05, 3.63) is 261 Å². The van der Waals surface area contributed by atoms with Crippen molar-refractivity contribution in [3.8, 4) is 23.0 Å². The molecule has 9 nitrogen and oxygen atoms in total. The predicted molar refractivity (Wildman–Crippen MR) is 432 cm³/mol. The van der Waals surface area contributed by atoms with E-state index in [9.17, 15) is 4.79 Å². The van der Waals surface area contributed by atoms with E-state index in [1.165, 1.54) is 152 Å². The number of carbonyl (C=O) groups excluding carboxylic acids is 1. The molecule has 4 unspecified atom stereocenters. The third kappa shape index (κ3) is 20.8. The zero-order chi connectivity index (χ0) is 72.2. The van der Waals surface area contributed by atoms with Gasteiger partial charge in [0.1, 0.15) is 23.0 Å². The van der Waals surface area contributed by atoms with Gasteiger partial charge in [0.05, 0.1) is 31.8 Å². The highest BCUT2D eigenvalue weighted by atomic mass is 35.5. The molecule has 1 amide bonds. The van der Waals surface area contributed by atoms with Gasteiger partial charge in [0, 0.05) is 112 Å². The van der Waals surface area contributed by atoms with Crippen LogP contribution < -0.4 is 18.9 Å². The van der Waals surface area contributed by atoms with Crippen LogP contribution >= 0.6 is 46.4 Å². The minimum absolute atomic E-state index is 0.292. The number of nitrogens with zero attached hydrogens (tertiary/aromatic N) is 4. The number of benzene rings is 8. The van der Waals surface area contributed by atoms with Crippen molar-refractivity contribution in [2.24, 2.45) is 23.7 Å². The summed E-state index contributed by atoms with van der Waals surface area (Å²) in [4.78, 5) is 23.6. The van der Waals surface area contributed by atoms with Crippen LogP contribution in [0.3, 0.4) is 0 Å². The molecular formula is C92H110Cl4N4O5. The molecule has 4 aliphatic carbocycles. The van der Waals surface area contributed by atoms with Gasteiger partial charge in [-0.2, -0.15) is 0 Å². The first-order valence-electron chi connectivity index (χ1n) is 39.6. The van der Waals surface area contributed by atoms with Crippen LogP contribution in [0.2, 0.25) is 20.1 Å². The van der Waals surface area contributed by atoms with E-state index in [-0.39, 0.29) is 5.41 Å². The summed E-state index contributed by atoms with van der Waals surface area (Å²) >= 11 is 24.3. The van der Waals surface area contributed by atoms with Gasteiger partial charge in [0.25, 0.3) is 0 Å². The van der Waals surface area contributed by atoms with Gasteiger partial charge in [-0.15, -0.1) is 0 Å². The van der Waals surface area contributed by atoms with Crippen LogP contribution in [0.15, 0.2) is 218 Å². The fourth-order valence-electron chi connectivity index (χ4n) is 17.9. The van der Waals surface area contributed by atoms with Crippen LogP contribution in [0.1, 0.15) is 151 Å². The summed E-state index contributed by atoms with van der Waals surface area (Å²) in [6, 6.07) is 74.1. The molecule has 556 valence electrons. The number of carbonyl (C=O) groups is 1. The first kappa shape index (κ1) is 76.7. The lowest BCUT2D eigenvalue weighted by Crippen LogP contribution is -2.54. The van der Waals surface area contributed by atoms with Crippen LogP contribution in [0.25, 0.3) is 0 Å². The Morgan fingerprint density at radius 1 is 0.305 bits per heavy atom. The highest BCUT2D eigenvalue weighted by molar-refractivity contribution is 6.31. The number of hydrogen-bond donors (Lipinski definition) is 0. The molecule has 8 fully saturated rings. The summed E-state index contributed by atoms with van der Waals surface area (Å²) in [6.45, 7) is 15.5. The molecule has 0 radical (unpaired) electrons. The zero-order valence-corrected chi connectivity index (χ0v) is 64.7. The lowest BCUT2D eigenvalue weighted by Gasteiger charge is -2.47. The van der Waals surface area contributed by atoms with Crippen molar-refractivity contribution in [2.75, 3.05) is 98.4 Å². The first-order chi connectivity index (χ1) is 51.4. The van der Waals surface area contributed by atoms with Crippen LogP contribution in [0, 0.1) is 23.7 Å². The molecule has 4 saturated carbocycles. The summed E-state index contributed by atoms with van der Waals surface area (Å²) in [7, 11) is 0. The third-order valence-electron chi connectivity index (χ3n) is 24.4. The fraction of sp³-hybridized carbons (Fsp3) is 0.467. The van der Waals surface area contributed by atoms with Crippen molar-refractivity contribution >= 4 is 52.3 Å². The summed E-state index contributed by atoms with van der Waals surface area (Å²) in [5.41, 5.74) is 6.20. The molecule has 0 N–H and O–H groups in total. The third-order valence-corrected chi connectivity index (χ3v) is 25.4. The van der Waals surface area contributed by atoms with Gasteiger partial charge in [0.15, 0.2) is 0 Å². The Kier molecular flexibility index (Phi) is 27.4. The second-order valence-corrected chi connectivity index (χ2v) is 33.6. The maximum absolute atomic E-state index is 13.5. The molecule has 4 heterocycles. The van der Waals surface area contributed by atoms with Crippen LogP contribution in [0.5, 0.6) is 23.0 Å². The van der Waals surface area contributed by atoms with E-state index < -0.39 is 0 Å². The maximum atomic E-state index is 13.5. The van der Waals surface area contributed by atoms with E-state index in [4.69, 9.17) is 65.4 Å². The average molecular weight is 1490 g/mol. The van der Waals surface area contributed by atoms with E-state index >= 15 is 0 Å². The molecule has 16 rings (SSSR count). The number of ether oxygens (including phenoxy) is 4. The molecule has 4 atom stereocenters. The number of likely N-dealkylation sites (tertiary alicyclic amines) is 4. The molecule has 105 heavy (non-hydrogen) atoms. The summed E-state index contributed by atoms with van der Waals surface area (Å²) < 4.78 is 24.0. The van der Waals surface area contributed by atoms with Crippen molar-refractivity contribution < 1.29 is 23.7 Å². The van der Waals surface area contributed by atoms with Crippen molar-refractivity contribution in [1.29, 1.82) is 0 Å². The standard InChI is InChI=1S/C23H26ClNO2.3C23H28ClNO/c24-20-11-9-19(10-12-20)23(13-5-14-23)22(26)25-15-4-6-18(16-25)17-27-21-7-2-1-3-8-21;3*24-21-11-9-20(10-12-21)23(13-5-14-23)18-25-15-4-6-19(16-25)17-26-22-7-2-1-3-8-22/h1-3,7-12,18H,4-6,13-17H2;3*1-3,7-12,19H,4-6,13-18H2. The number of hydrogen-bond acceptors (Lipinski definition) is 8. The Morgan fingerprint density at radius 3 is 0.819 bits per heavy atom. The molecule has 0 aromatic heterocycles. The van der Waals surface area contributed by atoms with Gasteiger partial charge in [-0.05, 0) is 242 Å². The zero-order valence-electron chi connectivity index (χ0n) is 61.7. The van der Waals surface area contributed by atoms with Gasteiger partial charge in [-0.1, -0.05) is 193 Å². The van der Waals surface area contributed by atoms with Crippen molar-refractivity contribution in [1.82, 2.24) is 19.6 Å². The van der Waals surface area contributed by atoms with E-state index in [0.717, 1.165) is 133 Å². The molecule has 0 spiro atoms. The summed E-state index contributed by atoms with van der Waals surface area (Å²) in [5, 5.41) is 3.22. The Labute approximate surface area is 647 Å². The monoisotopic (exact) mass is 1490 g/mol. The smallest absolute Gasteiger partial charge is 0.233 e. The molecule has 13 heteroatoms. The van der Waals surface area contributed by atoms with Crippen LogP contribution in [0.4, 0.5) is 0 Å². The summed E-state index contributed by atoms with van der Waals surface area (Å²) in [5.74, 6) is 6.44. The molecular weight excluding hydrogens is 1380 g/mol. The van der Waals surface area contributed by atoms with Gasteiger partial charge < -0.3 is 38.5 Å². The molecule has 8 aliphatic rings. The van der Waals surface area contributed by atoms with Gasteiger partial charge in [-0.25, -0.2) is 0 Å². The molecule has 8 aromatic rings. The molecule has 8 aromatic carbocycles. The second kappa shape index (κ2) is 37.5. The Balaban J connectivity index is 0.000000124. The quantitative estimate of drug-likeness (QED) is 0.0628. The maximum Gasteiger partial charge on any atom is 0.233 e. The van der Waals surface area contributed by atoms with Gasteiger partial charge in [0.2, 0.25) is 5.91 Å². The van der Waals surface area contributed by atoms with Gasteiger partial charge in [-0.3, -0.25) is 4.79 Å². The van der Waals surface area contributed by atoms with E-state index in [0.29, 0.717) is 52.4 Å². The van der Waals surface area contributed by atoms with Crippen molar-refractivity contribution in [2.45, 2.75) is 150 Å². The molecule has 4 aliphatic heterocycles. The molecule has 4 saturated heterocycles. The normalized spacial score (nSPS) is 22.3. The second-order valence-electron chi connectivity index (χ2n) is 31.9. The Morgan fingerprint density at radius 2 is 0.562 bits per heavy atom. The van der Waals surface area contributed by atoms with Crippen LogP contribution in [-0.2, 0) is 26.5 Å². The minimum atomic E-state index is -0.341. The Hall–Kier alpha value is -6.53. The number of para-hydroxylation sites is 4. The largest absolute Gasteiger partial charge is 0.493 e. The number of rotatable bonds is 23. The van der Waals surface area contributed by atoms with E-state index in [1.54, 1.807) is 0 Å². The fourth-order valence-corrected chi connectivity index (χ4v) is 18.5.